The minimum absolute atomic E-state index is 0.200. The second kappa shape index (κ2) is 6.54. The van der Waals surface area contributed by atoms with E-state index in [1.54, 1.807) is 4.90 Å². The van der Waals surface area contributed by atoms with E-state index in [1.807, 2.05) is 30.3 Å². The highest BCUT2D eigenvalue weighted by Gasteiger charge is 2.32. The molecule has 1 aromatic carbocycles. The van der Waals surface area contributed by atoms with Gasteiger partial charge in [0, 0.05) is 13.1 Å². The van der Waals surface area contributed by atoms with E-state index in [9.17, 15) is 9.90 Å². The Morgan fingerprint density at radius 1 is 1.47 bits per heavy atom. The van der Waals surface area contributed by atoms with Crippen molar-refractivity contribution in [2.45, 2.75) is 25.1 Å². The Morgan fingerprint density at radius 3 is 2.84 bits per heavy atom. The maximum Gasteiger partial charge on any atom is 0.410 e. The predicted octanol–water partition coefficient (Wildman–Crippen LogP) is 0.978. The van der Waals surface area contributed by atoms with Crippen molar-refractivity contribution in [2.24, 2.45) is 0 Å². The number of nitrogens with zero attached hydrogens (tertiary/aromatic N) is 1. The van der Waals surface area contributed by atoms with E-state index in [-0.39, 0.29) is 6.04 Å². The van der Waals surface area contributed by atoms with Crippen LogP contribution in [0.5, 0.6) is 0 Å². The van der Waals surface area contributed by atoms with Crippen molar-refractivity contribution in [1.82, 2.24) is 10.2 Å². The number of ether oxygens (including phenoxy) is 1. The van der Waals surface area contributed by atoms with Crippen molar-refractivity contribution in [3.05, 3.63) is 35.9 Å². The minimum Gasteiger partial charge on any atom is -0.453 e. The Hall–Kier alpha value is -1.59. The molecule has 2 rings (SSSR count). The minimum atomic E-state index is -0.559. The zero-order chi connectivity index (χ0) is 13.7. The summed E-state index contributed by atoms with van der Waals surface area (Å²) in [6, 6.07) is 9.53. The number of methoxy groups -OCH3 is 1. The third-order valence-corrected chi connectivity index (χ3v) is 3.42. The molecule has 0 unspecified atom stereocenters. The average molecular weight is 264 g/mol. The maximum absolute atomic E-state index is 11.9. The van der Waals surface area contributed by atoms with Gasteiger partial charge in [-0.1, -0.05) is 30.3 Å². The lowest BCUT2D eigenvalue weighted by Crippen LogP contribution is -2.54. The number of rotatable bonds is 3. The lowest BCUT2D eigenvalue weighted by molar-refractivity contribution is 0.0221. The van der Waals surface area contributed by atoms with Crippen LogP contribution in [0.3, 0.4) is 0 Å². The monoisotopic (exact) mass is 264 g/mol. The quantitative estimate of drug-likeness (QED) is 0.854. The van der Waals surface area contributed by atoms with Gasteiger partial charge in [-0.2, -0.15) is 0 Å². The Bertz CT molecular complexity index is 410. The Morgan fingerprint density at radius 2 is 2.21 bits per heavy atom. The number of amides is 1. The highest BCUT2D eigenvalue weighted by atomic mass is 16.5. The summed E-state index contributed by atoms with van der Waals surface area (Å²) in [5, 5.41) is 13.2. The number of piperidine rings is 1. The van der Waals surface area contributed by atoms with Crippen molar-refractivity contribution in [3.8, 4) is 0 Å². The molecule has 0 aliphatic carbocycles. The molecular formula is C14H20N2O3. The van der Waals surface area contributed by atoms with E-state index in [0.29, 0.717) is 13.1 Å². The summed E-state index contributed by atoms with van der Waals surface area (Å²) in [6.45, 7) is 1.76. The van der Waals surface area contributed by atoms with Crippen LogP contribution in [0.2, 0.25) is 0 Å². The number of aliphatic hydroxyl groups excluding tert-OH is 1. The third-order valence-electron chi connectivity index (χ3n) is 3.42. The lowest BCUT2D eigenvalue weighted by Gasteiger charge is -2.37. The summed E-state index contributed by atoms with van der Waals surface area (Å²) in [5.41, 5.74) is 1.03. The van der Waals surface area contributed by atoms with E-state index in [2.05, 4.69) is 5.32 Å². The fourth-order valence-electron chi connectivity index (χ4n) is 2.41. The number of β-amino-alcohol motifs (C(OH)–C–C–N with tert-alkyl or cyclic N) is 1. The molecule has 2 atom stereocenters. The molecule has 1 aromatic rings. The third kappa shape index (κ3) is 3.45. The average Bonchev–Trinajstić information content (AvgIpc) is 2.46. The van der Waals surface area contributed by atoms with Gasteiger partial charge in [-0.3, -0.25) is 4.90 Å². The van der Waals surface area contributed by atoms with Crippen molar-refractivity contribution in [1.29, 1.82) is 0 Å². The van der Waals surface area contributed by atoms with Gasteiger partial charge >= 0.3 is 6.09 Å². The number of carbonyl (C=O) groups excluding carboxylic acids is 1. The maximum atomic E-state index is 11.9. The number of benzene rings is 1. The van der Waals surface area contributed by atoms with Crippen LogP contribution in [-0.2, 0) is 11.3 Å². The molecule has 1 heterocycles. The van der Waals surface area contributed by atoms with Gasteiger partial charge in [-0.25, -0.2) is 4.79 Å². The summed E-state index contributed by atoms with van der Waals surface area (Å²) in [4.78, 5) is 13.5. The lowest BCUT2D eigenvalue weighted by atomic mass is 10.0. The topological polar surface area (TPSA) is 61.8 Å². The first-order valence-corrected chi connectivity index (χ1v) is 6.49. The fraction of sp³-hybridized carbons (Fsp3) is 0.500. The molecular weight excluding hydrogens is 244 g/mol. The number of hydrogen-bond acceptors (Lipinski definition) is 4. The van der Waals surface area contributed by atoms with Gasteiger partial charge in [0.2, 0.25) is 0 Å². The van der Waals surface area contributed by atoms with E-state index >= 15 is 0 Å². The highest BCUT2D eigenvalue weighted by molar-refractivity contribution is 5.68. The summed E-state index contributed by atoms with van der Waals surface area (Å²) in [6.07, 6.45) is -0.227. The first-order valence-electron chi connectivity index (χ1n) is 6.49. The molecule has 1 aliphatic heterocycles. The Balaban J connectivity index is 2.13. The van der Waals surface area contributed by atoms with Crippen molar-refractivity contribution < 1.29 is 14.6 Å². The largest absolute Gasteiger partial charge is 0.453 e. The summed E-state index contributed by atoms with van der Waals surface area (Å²) in [7, 11) is 1.37. The second-order valence-corrected chi connectivity index (χ2v) is 4.71. The smallest absolute Gasteiger partial charge is 0.410 e. The molecule has 1 saturated heterocycles. The molecule has 0 radical (unpaired) electrons. The SMILES string of the molecule is COC(=O)N(Cc1ccccc1)[C@H]1CCNC[C@@H]1O. The van der Waals surface area contributed by atoms with E-state index in [0.717, 1.165) is 18.5 Å². The zero-order valence-corrected chi connectivity index (χ0v) is 11.1. The van der Waals surface area contributed by atoms with Crippen molar-refractivity contribution in [3.63, 3.8) is 0 Å². The van der Waals surface area contributed by atoms with Crippen LogP contribution in [0, 0.1) is 0 Å². The summed E-state index contributed by atoms with van der Waals surface area (Å²) >= 11 is 0. The standard InChI is InChI=1S/C14H20N2O3/c1-19-14(18)16(10-11-5-3-2-4-6-11)12-7-8-15-9-13(12)17/h2-6,12-13,15,17H,7-10H2,1H3/t12-,13-/m0/s1. The molecule has 0 saturated carbocycles. The van der Waals surface area contributed by atoms with Crippen LogP contribution in [0.25, 0.3) is 0 Å². The zero-order valence-electron chi connectivity index (χ0n) is 11.1. The molecule has 0 spiro atoms. The van der Waals surface area contributed by atoms with Gasteiger partial charge in [0.25, 0.3) is 0 Å². The number of aliphatic hydroxyl groups is 1. The van der Waals surface area contributed by atoms with E-state index in [1.165, 1.54) is 7.11 Å². The Labute approximate surface area is 113 Å². The van der Waals surface area contributed by atoms with Crippen LogP contribution < -0.4 is 5.32 Å². The van der Waals surface area contributed by atoms with Crippen molar-refractivity contribution in [2.75, 3.05) is 20.2 Å². The molecule has 0 bridgehead atoms. The molecule has 1 aliphatic rings. The molecule has 5 nitrogen and oxygen atoms in total. The highest BCUT2D eigenvalue weighted by Crippen LogP contribution is 2.17. The fourth-order valence-corrected chi connectivity index (χ4v) is 2.41. The predicted molar refractivity (Wildman–Crippen MR) is 71.7 cm³/mol. The van der Waals surface area contributed by atoms with Crippen LogP contribution in [0.4, 0.5) is 4.79 Å². The molecule has 1 fully saturated rings. The normalized spacial score (nSPS) is 22.8. The first kappa shape index (κ1) is 13.8. The molecule has 2 N–H and O–H groups in total. The molecule has 0 aromatic heterocycles. The number of carbonyl (C=O) groups is 1. The molecule has 1 amide bonds. The molecule has 104 valence electrons. The van der Waals surface area contributed by atoms with Crippen LogP contribution in [0.1, 0.15) is 12.0 Å². The van der Waals surface area contributed by atoms with Crippen LogP contribution in [0.15, 0.2) is 30.3 Å². The van der Waals surface area contributed by atoms with Gasteiger partial charge in [-0.05, 0) is 18.5 Å². The number of hydrogen-bond donors (Lipinski definition) is 2. The van der Waals surface area contributed by atoms with Crippen LogP contribution in [-0.4, -0.2) is 48.4 Å². The van der Waals surface area contributed by atoms with Crippen LogP contribution >= 0.6 is 0 Å². The second-order valence-electron chi connectivity index (χ2n) is 4.71. The van der Waals surface area contributed by atoms with Crippen molar-refractivity contribution >= 4 is 6.09 Å². The Kier molecular flexibility index (Phi) is 4.76. The van der Waals surface area contributed by atoms with Gasteiger partial charge in [0.05, 0.1) is 19.3 Å². The van der Waals surface area contributed by atoms with E-state index < -0.39 is 12.2 Å². The van der Waals surface area contributed by atoms with Gasteiger partial charge in [0.15, 0.2) is 0 Å². The number of nitrogens with one attached hydrogen (secondary N) is 1. The molecule has 19 heavy (non-hydrogen) atoms. The van der Waals surface area contributed by atoms with Gasteiger partial charge < -0.3 is 15.2 Å². The summed E-state index contributed by atoms with van der Waals surface area (Å²) < 4.78 is 4.84. The molecule has 5 heteroatoms. The van der Waals surface area contributed by atoms with Gasteiger partial charge in [0.1, 0.15) is 0 Å². The first-order chi connectivity index (χ1) is 9.22. The van der Waals surface area contributed by atoms with E-state index in [4.69, 9.17) is 4.74 Å². The summed E-state index contributed by atoms with van der Waals surface area (Å²) in [5.74, 6) is 0. The van der Waals surface area contributed by atoms with Gasteiger partial charge in [-0.15, -0.1) is 0 Å².